The number of ether oxygens (including phenoxy) is 4. The van der Waals surface area contributed by atoms with Crippen molar-refractivity contribution in [1.29, 1.82) is 0 Å². The van der Waals surface area contributed by atoms with Gasteiger partial charge in [-0.3, -0.25) is 19.6 Å². The molecule has 4 aliphatic rings. The van der Waals surface area contributed by atoms with Crippen LogP contribution in [0, 0.1) is 11.6 Å². The molecule has 1 N–H and O–H groups in total. The second-order valence-corrected chi connectivity index (χ2v) is 17.4. The van der Waals surface area contributed by atoms with Crippen LogP contribution < -0.4 is 19.7 Å². The number of fused-ring (bicyclic) bond motifs is 3. The molecule has 19 heteroatoms. The Balaban J connectivity index is 1.27. The maximum Gasteiger partial charge on any atom is 0.415 e. The van der Waals surface area contributed by atoms with Crippen LogP contribution in [0.15, 0.2) is 30.5 Å². The molecule has 13 nitrogen and oxygen atoms in total. The third-order valence-electron chi connectivity index (χ3n) is 13.1. The zero-order chi connectivity index (χ0) is 44.7. The van der Waals surface area contributed by atoms with E-state index in [0.29, 0.717) is 23.1 Å². The molecule has 340 valence electrons. The van der Waals surface area contributed by atoms with Crippen molar-refractivity contribution in [3.8, 4) is 23.0 Å². The van der Waals surface area contributed by atoms with Crippen LogP contribution in [0.25, 0.3) is 32.9 Å². The Morgan fingerprint density at radius 3 is 2.56 bits per heavy atom. The molecule has 0 aliphatic carbocycles. The van der Waals surface area contributed by atoms with Crippen LogP contribution in [-0.4, -0.2) is 133 Å². The summed E-state index contributed by atoms with van der Waals surface area (Å²) in [5.41, 5.74) is -1.67. The number of methoxy groups -OCH3 is 2. The Hall–Kier alpha value is -5.01. The molecular weight excluding hydrogens is 837 g/mol. The number of nitrogens with one attached hydrogen (secondary N) is 1. The van der Waals surface area contributed by atoms with Crippen molar-refractivity contribution in [1.82, 2.24) is 30.1 Å². The molecule has 0 radical (unpaired) electrons. The molecule has 6 heterocycles. The Labute approximate surface area is 360 Å². The van der Waals surface area contributed by atoms with Crippen molar-refractivity contribution in [2.75, 3.05) is 65.1 Å². The number of likely N-dealkylation sites (tertiary alicyclic amines) is 1. The van der Waals surface area contributed by atoms with E-state index in [1.807, 2.05) is 0 Å². The molecular formula is C44H51F6N7O6. The summed E-state index contributed by atoms with van der Waals surface area (Å²) in [5, 5.41) is 3.32. The van der Waals surface area contributed by atoms with Gasteiger partial charge in [0.2, 0.25) is 6.41 Å². The van der Waals surface area contributed by atoms with Gasteiger partial charge in [-0.15, -0.1) is 0 Å². The predicted molar refractivity (Wildman–Crippen MR) is 221 cm³/mol. The predicted octanol–water partition coefficient (Wildman–Crippen LogP) is 7.30. The first-order valence-electron chi connectivity index (χ1n) is 21.3. The summed E-state index contributed by atoms with van der Waals surface area (Å²) in [4.78, 5) is 43.6. The van der Waals surface area contributed by atoms with E-state index in [9.17, 15) is 22.8 Å². The molecule has 0 saturated carbocycles. The standard InChI is InChI=1S/C44H51F6N7O6/c1-42(52-25-58)20-27(45)22-55(23-42)39-31-21-51-36(35(47)37(31)53-40(54-39)62-24-43-12-6-14-56(43)15-7-13-43)30-19-28(18-26-10-11-32(46)29(34(26)30)8-5-17-60-2)63-41(59)57-16-4-9-33(61-3)38(57)44(48,49)50/h10-11,18-19,21,25,27,33,38H,4-9,12-17,20,22-24H2,1-3H3,(H,52,58). The van der Waals surface area contributed by atoms with Gasteiger partial charge < -0.3 is 29.2 Å². The molecule has 4 atom stereocenters. The number of benzene rings is 2. The van der Waals surface area contributed by atoms with Gasteiger partial charge in [-0.2, -0.15) is 23.1 Å². The average molecular weight is 888 g/mol. The third-order valence-corrected chi connectivity index (χ3v) is 13.1. The SMILES string of the molecule is COCCCc1c(F)ccc2cc(OC(=O)N3CCCC(OC)C3C(F)(F)F)cc(-c3ncc4c(N5CC(F)CC(C)(NC=O)C5)nc(OCC56CCCN5CCC6)nc4c3F)c12. The molecule has 4 unspecified atom stereocenters. The average Bonchev–Trinajstić information content (AvgIpc) is 3.83. The molecule has 4 fully saturated rings. The maximum atomic E-state index is 17.7. The van der Waals surface area contributed by atoms with Crippen LogP contribution in [0.5, 0.6) is 11.8 Å². The zero-order valence-electron chi connectivity index (χ0n) is 35.4. The van der Waals surface area contributed by atoms with Gasteiger partial charge in [0.15, 0.2) is 11.9 Å². The molecule has 63 heavy (non-hydrogen) atoms. The van der Waals surface area contributed by atoms with Crippen molar-refractivity contribution in [2.45, 2.75) is 100 Å². The molecule has 4 saturated heterocycles. The molecule has 0 spiro atoms. The number of hydrogen-bond acceptors (Lipinski definition) is 11. The number of aryl methyl sites for hydroxylation is 1. The molecule has 0 bridgehead atoms. The summed E-state index contributed by atoms with van der Waals surface area (Å²) >= 11 is 0. The highest BCUT2D eigenvalue weighted by Gasteiger charge is 2.52. The van der Waals surface area contributed by atoms with E-state index in [1.54, 1.807) is 11.8 Å². The summed E-state index contributed by atoms with van der Waals surface area (Å²) in [6, 6.07) is 2.80. The van der Waals surface area contributed by atoms with Crippen LogP contribution in [0.1, 0.15) is 63.9 Å². The molecule has 2 aromatic heterocycles. The third kappa shape index (κ3) is 8.79. The smallest absolute Gasteiger partial charge is 0.415 e. The first-order valence-corrected chi connectivity index (χ1v) is 21.3. The molecule has 2 amide bonds. The van der Waals surface area contributed by atoms with Crippen LogP contribution in [0.3, 0.4) is 0 Å². The monoisotopic (exact) mass is 887 g/mol. The van der Waals surface area contributed by atoms with E-state index < -0.39 is 47.8 Å². The number of carbonyl (C=O) groups excluding carboxylic acids is 2. The topological polar surface area (TPSA) is 131 Å². The van der Waals surface area contributed by atoms with Crippen LogP contribution in [0.4, 0.5) is 37.0 Å². The fraction of sp³-hybridized carbons (Fsp3) is 0.568. The maximum absolute atomic E-state index is 17.7. The van der Waals surface area contributed by atoms with Crippen molar-refractivity contribution >= 4 is 40.0 Å². The fourth-order valence-electron chi connectivity index (χ4n) is 10.3. The van der Waals surface area contributed by atoms with Gasteiger partial charge >= 0.3 is 18.3 Å². The summed E-state index contributed by atoms with van der Waals surface area (Å²) < 4.78 is 114. The molecule has 4 aromatic rings. The van der Waals surface area contributed by atoms with E-state index >= 15 is 13.2 Å². The lowest BCUT2D eigenvalue weighted by Crippen LogP contribution is -2.59. The van der Waals surface area contributed by atoms with Crippen LogP contribution in [-0.2, 0) is 20.7 Å². The van der Waals surface area contributed by atoms with Crippen molar-refractivity contribution in [2.24, 2.45) is 0 Å². The summed E-state index contributed by atoms with van der Waals surface area (Å²) in [6.45, 7) is 3.78. The second-order valence-electron chi connectivity index (χ2n) is 17.4. The van der Waals surface area contributed by atoms with Gasteiger partial charge in [0.05, 0.1) is 29.1 Å². The van der Waals surface area contributed by atoms with Gasteiger partial charge in [0.25, 0.3) is 0 Å². The lowest BCUT2D eigenvalue weighted by Gasteiger charge is -2.42. The number of piperidine rings is 2. The largest absolute Gasteiger partial charge is 0.461 e. The minimum atomic E-state index is -4.83. The van der Waals surface area contributed by atoms with E-state index in [2.05, 4.69) is 20.2 Å². The minimum absolute atomic E-state index is 0.0268. The summed E-state index contributed by atoms with van der Waals surface area (Å²) in [5.74, 6) is -1.72. The van der Waals surface area contributed by atoms with Crippen LogP contribution >= 0.6 is 0 Å². The number of nitrogens with zero attached hydrogens (tertiary/aromatic N) is 6. The van der Waals surface area contributed by atoms with E-state index in [1.165, 1.54) is 37.6 Å². The van der Waals surface area contributed by atoms with E-state index in [0.717, 1.165) is 45.9 Å². The molecule has 2 aromatic carbocycles. The minimum Gasteiger partial charge on any atom is -0.461 e. The summed E-state index contributed by atoms with van der Waals surface area (Å²) in [6.07, 6.45) is -2.38. The van der Waals surface area contributed by atoms with E-state index in [-0.39, 0.29) is 115 Å². The van der Waals surface area contributed by atoms with Crippen molar-refractivity contribution in [3.05, 3.63) is 47.7 Å². The van der Waals surface area contributed by atoms with Gasteiger partial charge in [-0.1, -0.05) is 6.07 Å². The van der Waals surface area contributed by atoms with Gasteiger partial charge in [-0.05, 0) is 106 Å². The Bertz CT molecular complexity index is 2350. The van der Waals surface area contributed by atoms with Crippen molar-refractivity contribution < 1.29 is 54.9 Å². The first-order chi connectivity index (χ1) is 30.2. The number of amides is 2. The number of alkyl halides is 4. The summed E-state index contributed by atoms with van der Waals surface area (Å²) in [7, 11) is 2.65. The van der Waals surface area contributed by atoms with Crippen molar-refractivity contribution in [3.63, 3.8) is 0 Å². The normalized spacial score (nSPS) is 23.9. The Kier molecular flexibility index (Phi) is 12.6. The lowest BCUT2D eigenvalue weighted by molar-refractivity contribution is -0.213. The number of halogens is 6. The number of carbonyl (C=O) groups is 2. The Morgan fingerprint density at radius 1 is 1.06 bits per heavy atom. The zero-order valence-corrected chi connectivity index (χ0v) is 35.4. The van der Waals surface area contributed by atoms with E-state index in [4.69, 9.17) is 23.9 Å². The highest BCUT2D eigenvalue weighted by atomic mass is 19.4. The quantitative estimate of drug-likeness (QED) is 0.0825. The number of hydrogen-bond donors (Lipinski definition) is 1. The van der Waals surface area contributed by atoms with Gasteiger partial charge in [-0.25, -0.2) is 18.0 Å². The molecule has 4 aliphatic heterocycles. The first kappa shape index (κ1) is 44.6. The number of rotatable bonds is 13. The molecule has 8 rings (SSSR count). The highest BCUT2D eigenvalue weighted by Crippen LogP contribution is 2.43. The number of anilines is 1. The Morgan fingerprint density at radius 2 is 1.84 bits per heavy atom. The van der Waals surface area contributed by atoms with Gasteiger partial charge in [0.1, 0.15) is 41.4 Å². The highest BCUT2D eigenvalue weighted by molar-refractivity contribution is 6.02. The fourth-order valence-corrected chi connectivity index (χ4v) is 10.3. The van der Waals surface area contributed by atoms with Crippen LogP contribution in [0.2, 0.25) is 0 Å². The number of pyridine rings is 1. The lowest BCUT2D eigenvalue weighted by atomic mass is 9.90. The number of aromatic nitrogens is 3. The second kappa shape index (κ2) is 17.9. The van der Waals surface area contributed by atoms with Gasteiger partial charge in [0, 0.05) is 52.1 Å².